The maximum absolute atomic E-state index is 12.6. The van der Waals surface area contributed by atoms with Crippen molar-refractivity contribution in [3.63, 3.8) is 0 Å². The van der Waals surface area contributed by atoms with Crippen molar-refractivity contribution < 1.29 is 28.2 Å². The van der Waals surface area contributed by atoms with E-state index in [0.29, 0.717) is 0 Å². The fourth-order valence-electron chi connectivity index (χ4n) is 1.54. The van der Waals surface area contributed by atoms with Crippen LogP contribution in [-0.4, -0.2) is 37.8 Å². The second-order valence-corrected chi connectivity index (χ2v) is 9.52. The Morgan fingerprint density at radius 3 is 2.48 bits per heavy atom. The Balaban J connectivity index is 2.50. The first-order chi connectivity index (χ1) is 10.9. The van der Waals surface area contributed by atoms with E-state index in [4.69, 9.17) is 9.26 Å². The minimum Gasteiger partial charge on any atom is -0.468 e. The summed E-state index contributed by atoms with van der Waals surface area (Å²) in [4.78, 5) is 22.9. The third-order valence-electron chi connectivity index (χ3n) is 2.86. The average Bonchev–Trinajstić information content (AvgIpc) is 2.58. The SMILES string of the molecule is COC(=O)CSP(=O)(OC)C(C)NC(=O)OCc1ccccc1. The number of ether oxygens (including phenoxy) is 2. The Hall–Kier alpha value is -1.50. The van der Waals surface area contributed by atoms with Crippen molar-refractivity contribution in [1.29, 1.82) is 0 Å². The summed E-state index contributed by atoms with van der Waals surface area (Å²) in [5.74, 6) is -1.47. The smallest absolute Gasteiger partial charge is 0.408 e. The van der Waals surface area contributed by atoms with Crippen LogP contribution in [0.15, 0.2) is 30.3 Å². The highest BCUT2D eigenvalue weighted by Crippen LogP contribution is 2.61. The van der Waals surface area contributed by atoms with Gasteiger partial charge in [0.15, 0.2) is 0 Å². The molecule has 1 amide bonds. The molecule has 23 heavy (non-hydrogen) atoms. The molecular weight excluding hydrogens is 341 g/mol. The number of alkyl carbamates (subject to hydrolysis) is 1. The number of carbonyl (C=O) groups excluding carboxylic acids is 2. The van der Waals surface area contributed by atoms with Crippen LogP contribution < -0.4 is 5.32 Å². The third-order valence-corrected chi connectivity index (χ3v) is 8.03. The molecule has 7 nitrogen and oxygen atoms in total. The second kappa shape index (κ2) is 9.60. The number of methoxy groups -OCH3 is 1. The quantitative estimate of drug-likeness (QED) is 0.562. The van der Waals surface area contributed by atoms with Crippen LogP contribution >= 0.6 is 18.0 Å². The Morgan fingerprint density at radius 2 is 1.91 bits per heavy atom. The molecule has 1 N–H and O–H groups in total. The number of hydrogen-bond acceptors (Lipinski definition) is 7. The van der Waals surface area contributed by atoms with Crippen molar-refractivity contribution in [2.45, 2.75) is 19.3 Å². The van der Waals surface area contributed by atoms with Gasteiger partial charge in [-0.1, -0.05) is 41.7 Å². The van der Waals surface area contributed by atoms with Crippen molar-refractivity contribution in [3.05, 3.63) is 35.9 Å². The van der Waals surface area contributed by atoms with E-state index in [1.807, 2.05) is 30.3 Å². The largest absolute Gasteiger partial charge is 0.468 e. The van der Waals surface area contributed by atoms with Crippen LogP contribution in [0.5, 0.6) is 0 Å². The number of nitrogens with one attached hydrogen (secondary N) is 1. The molecule has 0 aliphatic heterocycles. The van der Waals surface area contributed by atoms with Gasteiger partial charge >= 0.3 is 12.1 Å². The van der Waals surface area contributed by atoms with Crippen molar-refractivity contribution >= 4 is 30.0 Å². The first-order valence-corrected chi connectivity index (χ1v) is 10.0. The van der Waals surface area contributed by atoms with Gasteiger partial charge in [-0.2, -0.15) is 0 Å². The van der Waals surface area contributed by atoms with Gasteiger partial charge in [0.25, 0.3) is 6.57 Å². The number of carbonyl (C=O) groups is 2. The summed E-state index contributed by atoms with van der Waals surface area (Å²) >= 11 is 0.810. The van der Waals surface area contributed by atoms with E-state index in [1.54, 1.807) is 0 Å². The summed E-state index contributed by atoms with van der Waals surface area (Å²) in [6.07, 6.45) is -0.711. The van der Waals surface area contributed by atoms with E-state index < -0.39 is 24.4 Å². The van der Waals surface area contributed by atoms with Gasteiger partial charge in [-0.15, -0.1) is 0 Å². The van der Waals surface area contributed by atoms with Gasteiger partial charge in [0.2, 0.25) is 0 Å². The predicted octanol–water partition coefficient (Wildman–Crippen LogP) is 3.00. The third kappa shape index (κ3) is 6.64. The van der Waals surface area contributed by atoms with Crippen molar-refractivity contribution in [2.24, 2.45) is 0 Å². The molecule has 1 aromatic rings. The zero-order chi connectivity index (χ0) is 17.3. The number of rotatable bonds is 8. The first-order valence-electron chi connectivity index (χ1n) is 6.75. The minimum absolute atomic E-state index is 0.103. The lowest BCUT2D eigenvalue weighted by molar-refractivity contribution is -0.137. The van der Waals surface area contributed by atoms with Crippen LogP contribution in [-0.2, 0) is 30.0 Å². The molecule has 0 spiro atoms. The van der Waals surface area contributed by atoms with Gasteiger partial charge < -0.3 is 19.3 Å². The molecule has 2 unspecified atom stereocenters. The van der Waals surface area contributed by atoms with E-state index in [-0.39, 0.29) is 12.4 Å². The molecule has 0 aromatic heterocycles. The molecule has 0 fully saturated rings. The fourth-order valence-corrected chi connectivity index (χ4v) is 4.85. The Morgan fingerprint density at radius 1 is 1.26 bits per heavy atom. The highest BCUT2D eigenvalue weighted by Gasteiger charge is 2.33. The highest BCUT2D eigenvalue weighted by molar-refractivity contribution is 8.57. The van der Waals surface area contributed by atoms with Crippen LogP contribution in [0, 0.1) is 0 Å². The van der Waals surface area contributed by atoms with E-state index in [9.17, 15) is 14.2 Å². The predicted molar refractivity (Wildman–Crippen MR) is 88.3 cm³/mol. The van der Waals surface area contributed by atoms with Crippen molar-refractivity contribution in [3.8, 4) is 0 Å². The van der Waals surface area contributed by atoms with Crippen LogP contribution in [0.25, 0.3) is 0 Å². The van der Waals surface area contributed by atoms with E-state index in [0.717, 1.165) is 16.9 Å². The number of esters is 1. The van der Waals surface area contributed by atoms with Crippen LogP contribution in [0.3, 0.4) is 0 Å². The molecular formula is C14H20NO6PS. The second-order valence-electron chi connectivity index (χ2n) is 4.45. The van der Waals surface area contributed by atoms with Gasteiger partial charge in [0.05, 0.1) is 7.11 Å². The molecule has 1 aromatic carbocycles. The van der Waals surface area contributed by atoms with Gasteiger partial charge in [-0.3, -0.25) is 9.36 Å². The summed E-state index contributed by atoms with van der Waals surface area (Å²) < 4.78 is 27.1. The summed E-state index contributed by atoms with van der Waals surface area (Å²) in [7, 11) is 2.50. The van der Waals surface area contributed by atoms with Gasteiger partial charge in [0, 0.05) is 7.11 Å². The molecule has 0 aliphatic carbocycles. The summed E-state index contributed by atoms with van der Waals surface area (Å²) in [6, 6.07) is 9.18. The summed E-state index contributed by atoms with van der Waals surface area (Å²) in [6.45, 7) is -1.67. The maximum atomic E-state index is 12.6. The molecule has 2 atom stereocenters. The standard InChI is InChI=1S/C14H20NO6PS/c1-11(22(18,20-3)23-10-13(16)19-2)15-14(17)21-9-12-7-5-4-6-8-12/h4-8,11H,9-10H2,1-3H3,(H,15,17). The lowest BCUT2D eigenvalue weighted by Crippen LogP contribution is -2.32. The summed E-state index contributed by atoms with van der Waals surface area (Å²) in [5, 5.41) is 2.46. The molecule has 0 aliphatic rings. The zero-order valence-electron chi connectivity index (χ0n) is 13.2. The number of amides is 1. The molecule has 0 saturated heterocycles. The van der Waals surface area contributed by atoms with Gasteiger partial charge in [-0.05, 0) is 12.5 Å². The Kier molecular flexibility index (Phi) is 8.16. The lowest BCUT2D eigenvalue weighted by atomic mass is 10.2. The highest BCUT2D eigenvalue weighted by atomic mass is 32.7. The molecule has 0 bridgehead atoms. The van der Waals surface area contributed by atoms with Crippen LogP contribution in [0.2, 0.25) is 0 Å². The van der Waals surface area contributed by atoms with E-state index >= 15 is 0 Å². The zero-order valence-corrected chi connectivity index (χ0v) is 14.9. The molecule has 0 saturated carbocycles. The molecule has 1 rings (SSSR count). The minimum atomic E-state index is -3.30. The topological polar surface area (TPSA) is 90.9 Å². The molecule has 9 heteroatoms. The average molecular weight is 361 g/mol. The Labute approximate surface area is 139 Å². The number of hydrogen-bond donors (Lipinski definition) is 1. The van der Waals surface area contributed by atoms with Gasteiger partial charge in [-0.25, -0.2) is 4.79 Å². The molecule has 0 heterocycles. The van der Waals surface area contributed by atoms with Crippen molar-refractivity contribution in [2.75, 3.05) is 20.0 Å². The van der Waals surface area contributed by atoms with Crippen LogP contribution in [0.1, 0.15) is 12.5 Å². The van der Waals surface area contributed by atoms with Gasteiger partial charge in [0.1, 0.15) is 18.1 Å². The maximum Gasteiger partial charge on any atom is 0.408 e. The van der Waals surface area contributed by atoms with E-state index in [2.05, 4.69) is 10.1 Å². The van der Waals surface area contributed by atoms with Crippen molar-refractivity contribution in [1.82, 2.24) is 5.32 Å². The Bertz CT molecular complexity index is 568. The monoisotopic (exact) mass is 361 g/mol. The fraction of sp³-hybridized carbons (Fsp3) is 0.429. The summed E-state index contributed by atoms with van der Waals surface area (Å²) in [5.41, 5.74) is 0.838. The normalized spacial score (nSPS) is 14.4. The lowest BCUT2D eigenvalue weighted by Gasteiger charge is -2.22. The molecule has 0 radical (unpaired) electrons. The first kappa shape index (κ1) is 19.5. The van der Waals surface area contributed by atoms with E-state index in [1.165, 1.54) is 21.1 Å². The van der Waals surface area contributed by atoms with Crippen LogP contribution in [0.4, 0.5) is 4.79 Å². The number of benzene rings is 1. The molecule has 128 valence electrons.